The number of anilines is 2. The van der Waals surface area contributed by atoms with E-state index in [1.165, 1.54) is 0 Å². The summed E-state index contributed by atoms with van der Waals surface area (Å²) in [6.07, 6.45) is 5.55. The van der Waals surface area contributed by atoms with Crippen molar-refractivity contribution in [2.75, 3.05) is 24.6 Å². The minimum atomic E-state index is 0.0848. The summed E-state index contributed by atoms with van der Waals surface area (Å²) >= 11 is 0. The molecule has 7 nitrogen and oxygen atoms in total. The third-order valence-electron chi connectivity index (χ3n) is 5.26. The van der Waals surface area contributed by atoms with Gasteiger partial charge in [0.15, 0.2) is 0 Å². The molecule has 3 aromatic rings. The minimum Gasteiger partial charge on any atom is -0.507 e. The molecule has 6 N–H and O–H groups in total. The molecule has 0 spiro atoms. The van der Waals surface area contributed by atoms with Crippen LogP contribution in [0.2, 0.25) is 0 Å². The Morgan fingerprint density at radius 2 is 2.00 bits per heavy atom. The average molecular weight is 391 g/mol. The summed E-state index contributed by atoms with van der Waals surface area (Å²) < 4.78 is 6.00. The number of nitrogens with one attached hydrogen (secondary N) is 1. The van der Waals surface area contributed by atoms with E-state index < -0.39 is 0 Å². The van der Waals surface area contributed by atoms with Crippen LogP contribution >= 0.6 is 0 Å². The number of aromatic hydroxyl groups is 1. The summed E-state index contributed by atoms with van der Waals surface area (Å²) in [5.41, 5.74) is 15.9. The molecule has 150 valence electrons. The topological polar surface area (TPSA) is 119 Å². The molecule has 7 heteroatoms. The lowest BCUT2D eigenvalue weighted by molar-refractivity contribution is 0.305. The Kier molecular flexibility index (Phi) is 5.48. The van der Waals surface area contributed by atoms with Gasteiger partial charge in [0.25, 0.3) is 0 Å². The van der Waals surface area contributed by atoms with Gasteiger partial charge in [-0.15, -0.1) is 0 Å². The van der Waals surface area contributed by atoms with E-state index in [9.17, 15) is 5.11 Å². The minimum absolute atomic E-state index is 0.0848. The lowest BCUT2D eigenvalue weighted by Crippen LogP contribution is -2.29. The number of nitrogens with zero attached hydrogens (tertiary/aromatic N) is 2. The van der Waals surface area contributed by atoms with Gasteiger partial charge in [-0.3, -0.25) is 4.98 Å². The number of hydrogen-bond acceptors (Lipinski definition) is 7. The maximum absolute atomic E-state index is 10.6. The summed E-state index contributed by atoms with van der Waals surface area (Å²) in [6, 6.07) is 10.9. The maximum Gasteiger partial charge on any atom is 0.147 e. The van der Waals surface area contributed by atoms with Crippen LogP contribution < -0.4 is 21.5 Å². The highest BCUT2D eigenvalue weighted by Crippen LogP contribution is 2.41. The third kappa shape index (κ3) is 4.09. The first-order chi connectivity index (χ1) is 14.1. The zero-order valence-electron chi connectivity index (χ0n) is 16.1. The molecule has 0 radical (unpaired) electrons. The summed E-state index contributed by atoms with van der Waals surface area (Å²) in [7, 11) is 0. The van der Waals surface area contributed by atoms with E-state index in [1.807, 2.05) is 24.3 Å². The highest BCUT2D eigenvalue weighted by molar-refractivity contribution is 5.78. The molecule has 1 saturated heterocycles. The van der Waals surface area contributed by atoms with Crippen LogP contribution in [-0.2, 0) is 6.61 Å². The van der Waals surface area contributed by atoms with Crippen LogP contribution in [0.5, 0.6) is 11.5 Å². The van der Waals surface area contributed by atoms with Gasteiger partial charge < -0.3 is 26.6 Å². The van der Waals surface area contributed by atoms with Gasteiger partial charge in [0.1, 0.15) is 23.9 Å². The van der Waals surface area contributed by atoms with Gasteiger partial charge in [-0.25, -0.2) is 4.98 Å². The van der Waals surface area contributed by atoms with Crippen molar-refractivity contribution in [3.05, 3.63) is 59.9 Å². The molecule has 1 fully saturated rings. The van der Waals surface area contributed by atoms with Gasteiger partial charge in [0, 0.05) is 18.9 Å². The number of benzene rings is 1. The van der Waals surface area contributed by atoms with Crippen LogP contribution in [0.25, 0.3) is 11.3 Å². The second-order valence-electron chi connectivity index (χ2n) is 7.23. The molecule has 0 aliphatic carbocycles. The lowest BCUT2D eigenvalue weighted by Gasteiger charge is -2.25. The largest absolute Gasteiger partial charge is 0.507 e. The predicted octanol–water partition coefficient (Wildman–Crippen LogP) is 3.06. The number of nitrogens with two attached hydrogens (primary N) is 2. The Balaban J connectivity index is 1.71. The second-order valence-corrected chi connectivity index (χ2v) is 7.23. The van der Waals surface area contributed by atoms with Crippen molar-refractivity contribution in [2.45, 2.75) is 25.4 Å². The SMILES string of the molecule is Nc1nc(-c2c(O)cccc2OCc2ccncc2)cc(C2CCCNC2)c1N. The fourth-order valence-electron chi connectivity index (χ4n) is 3.72. The van der Waals surface area contributed by atoms with E-state index in [0.29, 0.717) is 29.3 Å². The number of phenols is 1. The number of pyridine rings is 2. The fourth-order valence-corrected chi connectivity index (χ4v) is 3.72. The Morgan fingerprint density at radius 1 is 1.17 bits per heavy atom. The Bertz CT molecular complexity index is 988. The quantitative estimate of drug-likeness (QED) is 0.528. The van der Waals surface area contributed by atoms with E-state index in [2.05, 4.69) is 15.3 Å². The molecular weight excluding hydrogens is 366 g/mol. The summed E-state index contributed by atoms with van der Waals surface area (Å²) in [4.78, 5) is 8.47. The molecular formula is C22H25N5O2. The highest BCUT2D eigenvalue weighted by atomic mass is 16.5. The van der Waals surface area contributed by atoms with Crippen molar-refractivity contribution in [3.8, 4) is 22.8 Å². The van der Waals surface area contributed by atoms with Crippen molar-refractivity contribution < 1.29 is 9.84 Å². The van der Waals surface area contributed by atoms with Gasteiger partial charge in [-0.2, -0.15) is 0 Å². The Hall–Kier alpha value is -3.32. The van der Waals surface area contributed by atoms with E-state index in [1.54, 1.807) is 24.5 Å². The van der Waals surface area contributed by atoms with Crippen LogP contribution in [0, 0.1) is 0 Å². The number of piperidine rings is 1. The van der Waals surface area contributed by atoms with Crippen molar-refractivity contribution >= 4 is 11.5 Å². The van der Waals surface area contributed by atoms with E-state index in [-0.39, 0.29) is 17.5 Å². The molecule has 1 aliphatic rings. The van der Waals surface area contributed by atoms with Gasteiger partial charge >= 0.3 is 0 Å². The van der Waals surface area contributed by atoms with Gasteiger partial charge in [-0.05, 0) is 66.8 Å². The number of hydrogen-bond donors (Lipinski definition) is 4. The number of phenolic OH excluding ortho intramolecular Hbond substituents is 1. The zero-order chi connectivity index (χ0) is 20.2. The van der Waals surface area contributed by atoms with Crippen molar-refractivity contribution in [1.29, 1.82) is 0 Å². The molecule has 2 aromatic heterocycles. The molecule has 29 heavy (non-hydrogen) atoms. The van der Waals surface area contributed by atoms with Crippen LogP contribution in [0.1, 0.15) is 29.9 Å². The zero-order valence-corrected chi connectivity index (χ0v) is 16.1. The smallest absolute Gasteiger partial charge is 0.147 e. The molecule has 1 atom stereocenters. The highest BCUT2D eigenvalue weighted by Gasteiger charge is 2.22. The van der Waals surface area contributed by atoms with Crippen molar-refractivity contribution in [2.24, 2.45) is 0 Å². The molecule has 1 aliphatic heterocycles. The Labute approximate surface area is 169 Å². The molecule has 1 aromatic carbocycles. The normalized spacial score (nSPS) is 16.5. The Morgan fingerprint density at radius 3 is 2.76 bits per heavy atom. The fraction of sp³-hybridized carbons (Fsp3) is 0.273. The van der Waals surface area contributed by atoms with Crippen molar-refractivity contribution in [1.82, 2.24) is 15.3 Å². The molecule has 0 saturated carbocycles. The first kappa shape index (κ1) is 19.0. The third-order valence-corrected chi connectivity index (χ3v) is 5.26. The number of aromatic nitrogens is 2. The standard InChI is InChI=1S/C22H25N5O2/c23-21-16(15-3-2-8-26-12-15)11-17(27-22(21)24)20-18(28)4-1-5-19(20)29-13-14-6-9-25-10-7-14/h1,4-7,9-11,15,26,28H,2-3,8,12-13,23H2,(H2,24,27). The average Bonchev–Trinajstić information content (AvgIpc) is 2.75. The monoisotopic (exact) mass is 391 g/mol. The van der Waals surface area contributed by atoms with Crippen LogP contribution in [0.4, 0.5) is 11.5 Å². The first-order valence-electron chi connectivity index (χ1n) is 9.74. The van der Waals surface area contributed by atoms with Gasteiger partial charge in [-0.1, -0.05) is 6.07 Å². The van der Waals surface area contributed by atoms with Crippen LogP contribution in [0.15, 0.2) is 48.8 Å². The van der Waals surface area contributed by atoms with Crippen LogP contribution in [0.3, 0.4) is 0 Å². The summed E-state index contributed by atoms with van der Waals surface area (Å²) in [5, 5.41) is 14.0. The number of rotatable bonds is 5. The van der Waals surface area contributed by atoms with E-state index >= 15 is 0 Å². The van der Waals surface area contributed by atoms with Crippen molar-refractivity contribution in [3.63, 3.8) is 0 Å². The molecule has 0 bridgehead atoms. The molecule has 4 rings (SSSR count). The summed E-state index contributed by atoms with van der Waals surface area (Å²) in [6.45, 7) is 2.21. The summed E-state index contributed by atoms with van der Waals surface area (Å²) in [5.74, 6) is 1.15. The predicted molar refractivity (Wildman–Crippen MR) is 114 cm³/mol. The maximum atomic E-state index is 10.6. The van der Waals surface area contributed by atoms with E-state index in [4.69, 9.17) is 16.2 Å². The van der Waals surface area contributed by atoms with Gasteiger partial charge in [0.05, 0.1) is 16.9 Å². The molecule has 1 unspecified atom stereocenters. The number of ether oxygens (including phenoxy) is 1. The lowest BCUT2D eigenvalue weighted by atomic mass is 9.89. The van der Waals surface area contributed by atoms with Crippen LogP contribution in [-0.4, -0.2) is 28.2 Å². The number of nitrogen functional groups attached to an aromatic ring is 2. The molecule has 0 amide bonds. The van der Waals surface area contributed by atoms with E-state index in [0.717, 1.165) is 37.1 Å². The second kappa shape index (κ2) is 8.36. The molecule has 3 heterocycles. The van der Waals surface area contributed by atoms with Gasteiger partial charge in [0.2, 0.25) is 0 Å². The first-order valence-corrected chi connectivity index (χ1v) is 9.74.